The first-order chi connectivity index (χ1) is 10.1. The molecule has 0 radical (unpaired) electrons. The van der Waals surface area contributed by atoms with Crippen LogP contribution in [0.15, 0.2) is 42.5 Å². The van der Waals surface area contributed by atoms with Crippen LogP contribution in [0.1, 0.15) is 34.9 Å². The van der Waals surface area contributed by atoms with Gasteiger partial charge in [0.15, 0.2) is 0 Å². The summed E-state index contributed by atoms with van der Waals surface area (Å²) in [6.45, 7) is 4.03. The topological polar surface area (TPSA) is 12.0 Å². The van der Waals surface area contributed by atoms with Crippen LogP contribution in [0.25, 0.3) is 0 Å². The van der Waals surface area contributed by atoms with E-state index >= 15 is 0 Å². The van der Waals surface area contributed by atoms with Gasteiger partial charge in [-0.1, -0.05) is 47.5 Å². The van der Waals surface area contributed by atoms with Gasteiger partial charge in [0, 0.05) is 12.5 Å². The highest BCUT2D eigenvalue weighted by Gasteiger charge is 2.28. The van der Waals surface area contributed by atoms with E-state index in [1.165, 1.54) is 17.2 Å². The summed E-state index contributed by atoms with van der Waals surface area (Å²) in [4.78, 5) is 0. The predicted octanol–water partition coefficient (Wildman–Crippen LogP) is 4.65. The highest BCUT2D eigenvalue weighted by Crippen LogP contribution is 2.38. The van der Waals surface area contributed by atoms with Crippen molar-refractivity contribution in [2.45, 2.75) is 25.2 Å². The van der Waals surface area contributed by atoms with Gasteiger partial charge in [0.25, 0.3) is 0 Å². The van der Waals surface area contributed by atoms with E-state index in [9.17, 15) is 4.39 Å². The largest absolute Gasteiger partial charge is 0.316 e. The fourth-order valence-corrected chi connectivity index (χ4v) is 3.35. The number of nitrogens with one attached hydrogen (secondary N) is 1. The smallest absolute Gasteiger partial charge is 0.141 e. The Kier molecular flexibility index (Phi) is 4.27. The number of rotatable bonds is 2. The van der Waals surface area contributed by atoms with Gasteiger partial charge in [0.2, 0.25) is 0 Å². The Hall–Kier alpha value is -1.38. The van der Waals surface area contributed by atoms with Crippen LogP contribution in [0.3, 0.4) is 0 Å². The molecule has 21 heavy (non-hydrogen) atoms. The summed E-state index contributed by atoms with van der Waals surface area (Å²) in [5.74, 6) is 0.439. The fraction of sp³-hybridized carbons (Fsp3) is 0.333. The number of halogens is 2. The highest BCUT2D eigenvalue weighted by atomic mass is 35.5. The summed E-state index contributed by atoms with van der Waals surface area (Å²) in [6, 6.07) is 13.8. The van der Waals surface area contributed by atoms with Crippen LogP contribution in [0, 0.1) is 12.7 Å². The lowest BCUT2D eigenvalue weighted by Gasteiger charge is -2.33. The molecule has 0 aromatic heterocycles. The van der Waals surface area contributed by atoms with Crippen LogP contribution in [0.5, 0.6) is 0 Å². The van der Waals surface area contributed by atoms with E-state index in [2.05, 4.69) is 36.5 Å². The Balaban J connectivity index is 1.94. The molecule has 2 unspecified atom stereocenters. The second kappa shape index (κ2) is 6.17. The van der Waals surface area contributed by atoms with Crippen molar-refractivity contribution in [2.75, 3.05) is 13.1 Å². The van der Waals surface area contributed by atoms with E-state index in [0.29, 0.717) is 11.8 Å². The van der Waals surface area contributed by atoms with Crippen molar-refractivity contribution >= 4 is 11.6 Å². The molecule has 3 rings (SSSR count). The molecule has 0 bridgehead atoms. The molecular weight excluding hydrogens is 285 g/mol. The van der Waals surface area contributed by atoms with E-state index in [1.54, 1.807) is 6.07 Å². The summed E-state index contributed by atoms with van der Waals surface area (Å²) >= 11 is 5.96. The molecular formula is C18H19ClFN. The molecule has 2 atom stereocenters. The molecule has 1 N–H and O–H groups in total. The minimum absolute atomic E-state index is 0.216. The van der Waals surface area contributed by atoms with Crippen molar-refractivity contribution in [1.82, 2.24) is 5.32 Å². The number of piperidine rings is 1. The molecule has 0 amide bonds. The minimum atomic E-state index is -0.346. The lowest BCUT2D eigenvalue weighted by Crippen LogP contribution is -2.34. The molecule has 3 heteroatoms. The van der Waals surface area contributed by atoms with Crippen molar-refractivity contribution in [1.29, 1.82) is 0 Å². The standard InChI is InChI=1S/C18H19ClFN/c1-12-2-4-13(5-3-12)16-11-21-9-8-15(16)14-6-7-18(20)17(19)10-14/h2-7,10,15-16,21H,8-9,11H2,1H3. The van der Waals surface area contributed by atoms with Gasteiger partial charge >= 0.3 is 0 Å². The summed E-state index contributed by atoms with van der Waals surface area (Å²) < 4.78 is 13.4. The molecule has 110 valence electrons. The molecule has 0 spiro atoms. The summed E-state index contributed by atoms with van der Waals surface area (Å²) in [6.07, 6.45) is 1.04. The Morgan fingerprint density at radius 3 is 2.48 bits per heavy atom. The van der Waals surface area contributed by atoms with Gasteiger partial charge in [-0.25, -0.2) is 4.39 Å². The van der Waals surface area contributed by atoms with E-state index in [0.717, 1.165) is 25.1 Å². The van der Waals surface area contributed by atoms with Crippen molar-refractivity contribution < 1.29 is 4.39 Å². The van der Waals surface area contributed by atoms with E-state index in [-0.39, 0.29) is 10.8 Å². The second-order valence-corrected chi connectivity index (χ2v) is 6.20. The van der Waals surface area contributed by atoms with Crippen molar-refractivity contribution in [3.8, 4) is 0 Å². The molecule has 1 aliphatic heterocycles. The SMILES string of the molecule is Cc1ccc(C2CNCCC2c2ccc(F)c(Cl)c2)cc1. The summed E-state index contributed by atoms with van der Waals surface area (Å²) in [7, 11) is 0. The maximum Gasteiger partial charge on any atom is 0.141 e. The second-order valence-electron chi connectivity index (χ2n) is 5.79. The summed E-state index contributed by atoms with van der Waals surface area (Å²) in [5, 5.41) is 3.68. The molecule has 2 aromatic carbocycles. The first kappa shape index (κ1) is 14.6. The third-order valence-electron chi connectivity index (χ3n) is 4.36. The number of aryl methyl sites for hydroxylation is 1. The first-order valence-corrected chi connectivity index (χ1v) is 7.75. The maximum absolute atomic E-state index is 13.4. The molecule has 1 nitrogen and oxygen atoms in total. The van der Waals surface area contributed by atoms with Gasteiger partial charge in [0.05, 0.1) is 5.02 Å². The van der Waals surface area contributed by atoms with Crippen LogP contribution >= 0.6 is 11.6 Å². The number of benzene rings is 2. The normalized spacial score (nSPS) is 22.2. The van der Waals surface area contributed by atoms with Gasteiger partial charge in [0.1, 0.15) is 5.82 Å². The van der Waals surface area contributed by atoms with E-state index in [4.69, 9.17) is 11.6 Å². The monoisotopic (exact) mass is 303 g/mol. The molecule has 1 aliphatic rings. The maximum atomic E-state index is 13.4. The van der Waals surface area contributed by atoms with Crippen LogP contribution in [0.4, 0.5) is 4.39 Å². The van der Waals surface area contributed by atoms with Crippen LogP contribution < -0.4 is 5.32 Å². The lowest BCUT2D eigenvalue weighted by atomic mass is 9.77. The molecule has 0 aliphatic carbocycles. The first-order valence-electron chi connectivity index (χ1n) is 7.37. The van der Waals surface area contributed by atoms with Gasteiger partial charge in [-0.3, -0.25) is 0 Å². The fourth-order valence-electron chi connectivity index (χ4n) is 3.16. The Bertz CT molecular complexity index is 624. The third kappa shape index (κ3) is 3.12. The van der Waals surface area contributed by atoms with Crippen LogP contribution in [-0.4, -0.2) is 13.1 Å². The molecule has 0 saturated carbocycles. The van der Waals surface area contributed by atoms with Gasteiger partial charge in [-0.05, 0) is 49.1 Å². The van der Waals surface area contributed by atoms with E-state index < -0.39 is 0 Å². The van der Waals surface area contributed by atoms with E-state index in [1.807, 2.05) is 6.07 Å². The Morgan fingerprint density at radius 2 is 1.76 bits per heavy atom. The minimum Gasteiger partial charge on any atom is -0.316 e. The third-order valence-corrected chi connectivity index (χ3v) is 4.65. The van der Waals surface area contributed by atoms with Crippen LogP contribution in [0.2, 0.25) is 5.02 Å². The highest BCUT2D eigenvalue weighted by molar-refractivity contribution is 6.30. The van der Waals surface area contributed by atoms with Crippen molar-refractivity contribution in [3.05, 3.63) is 70.0 Å². The number of hydrogen-bond acceptors (Lipinski definition) is 1. The Labute approximate surface area is 130 Å². The van der Waals surface area contributed by atoms with Gasteiger partial charge in [-0.15, -0.1) is 0 Å². The quantitative estimate of drug-likeness (QED) is 0.851. The van der Waals surface area contributed by atoms with Crippen LogP contribution in [-0.2, 0) is 0 Å². The zero-order valence-electron chi connectivity index (χ0n) is 12.1. The summed E-state index contributed by atoms with van der Waals surface area (Å²) in [5.41, 5.74) is 3.73. The van der Waals surface area contributed by atoms with Crippen molar-refractivity contribution in [3.63, 3.8) is 0 Å². The average molecular weight is 304 g/mol. The number of hydrogen-bond donors (Lipinski definition) is 1. The lowest BCUT2D eigenvalue weighted by molar-refractivity contribution is 0.404. The molecule has 1 heterocycles. The van der Waals surface area contributed by atoms with Crippen molar-refractivity contribution in [2.24, 2.45) is 0 Å². The van der Waals surface area contributed by atoms with Gasteiger partial charge < -0.3 is 5.32 Å². The average Bonchev–Trinajstić information content (AvgIpc) is 2.51. The predicted molar refractivity (Wildman–Crippen MR) is 85.6 cm³/mol. The zero-order valence-corrected chi connectivity index (χ0v) is 12.8. The zero-order chi connectivity index (χ0) is 14.8. The molecule has 1 saturated heterocycles. The molecule has 1 fully saturated rings. The van der Waals surface area contributed by atoms with Gasteiger partial charge in [-0.2, -0.15) is 0 Å². The Morgan fingerprint density at radius 1 is 1.05 bits per heavy atom. The molecule has 2 aromatic rings.